The Kier molecular flexibility index (Phi) is 3.72. The number of ether oxygens (including phenoxy) is 1. The van der Waals surface area contributed by atoms with Crippen molar-refractivity contribution in [3.63, 3.8) is 0 Å². The molecule has 0 aliphatic carbocycles. The topological polar surface area (TPSA) is 67.0 Å². The van der Waals surface area contributed by atoms with Gasteiger partial charge in [0, 0.05) is 11.8 Å². The van der Waals surface area contributed by atoms with Crippen LogP contribution in [-0.4, -0.2) is 16.1 Å². The molecule has 2 N–H and O–H groups in total. The Morgan fingerprint density at radius 3 is 2.54 bits per heavy atom. The maximum absolute atomic E-state index is 12.8. The summed E-state index contributed by atoms with van der Waals surface area (Å²) in [7, 11) is 0. The molecule has 0 spiro atoms. The molecule has 0 bridgehead atoms. The molecule has 0 radical (unpaired) electrons. The molecule has 136 valence electrons. The van der Waals surface area contributed by atoms with Crippen LogP contribution in [0.3, 0.4) is 0 Å². The van der Waals surface area contributed by atoms with Crippen LogP contribution in [-0.2, 0) is 0 Å². The first-order valence-electron chi connectivity index (χ1n) is 9.01. The number of nitrogens with zero attached hydrogens (tertiary/aromatic N) is 1. The fraction of sp³-hybridized carbons (Fsp3) is 0.0435. The van der Waals surface area contributed by atoms with Crippen molar-refractivity contribution in [2.24, 2.45) is 0 Å². The maximum atomic E-state index is 12.8. The molecule has 0 atom stereocenters. The van der Waals surface area contributed by atoms with Crippen LogP contribution in [0, 0.1) is 6.92 Å². The minimum absolute atomic E-state index is 0.175. The number of H-pyrrole nitrogens is 1. The molecule has 5 heteroatoms. The zero-order chi connectivity index (χ0) is 19.1. The van der Waals surface area contributed by atoms with Crippen LogP contribution >= 0.6 is 0 Å². The van der Waals surface area contributed by atoms with E-state index in [1.54, 1.807) is 6.20 Å². The van der Waals surface area contributed by atoms with E-state index < -0.39 is 0 Å². The van der Waals surface area contributed by atoms with E-state index >= 15 is 0 Å². The van der Waals surface area contributed by atoms with E-state index in [9.17, 15) is 4.79 Å². The third-order valence-electron chi connectivity index (χ3n) is 4.84. The molecule has 0 saturated heterocycles. The monoisotopic (exact) mass is 367 g/mol. The zero-order valence-corrected chi connectivity index (χ0v) is 15.2. The first-order chi connectivity index (χ1) is 13.7. The number of benzene rings is 3. The van der Waals surface area contributed by atoms with E-state index in [-0.39, 0.29) is 5.91 Å². The second-order valence-corrected chi connectivity index (χ2v) is 6.82. The molecule has 1 amide bonds. The van der Waals surface area contributed by atoms with E-state index in [1.165, 1.54) is 0 Å². The lowest BCUT2D eigenvalue weighted by Gasteiger charge is -2.10. The van der Waals surface area contributed by atoms with Crippen LogP contribution in [0.5, 0.6) is 11.5 Å². The highest BCUT2D eigenvalue weighted by molar-refractivity contribution is 6.08. The lowest BCUT2D eigenvalue weighted by molar-refractivity contribution is 0.102. The average Bonchev–Trinajstić information content (AvgIpc) is 3.21. The third-order valence-corrected chi connectivity index (χ3v) is 4.84. The largest absolute Gasteiger partial charge is 0.454 e. The van der Waals surface area contributed by atoms with E-state index in [2.05, 4.69) is 21.6 Å². The van der Waals surface area contributed by atoms with Crippen LogP contribution in [0.1, 0.15) is 15.9 Å². The summed E-state index contributed by atoms with van der Waals surface area (Å²) in [5, 5.41) is 9.94. The minimum atomic E-state index is -0.175. The minimum Gasteiger partial charge on any atom is -0.454 e. The highest BCUT2D eigenvalue weighted by Gasteiger charge is 2.21. The Balaban J connectivity index is 1.56. The summed E-state index contributed by atoms with van der Waals surface area (Å²) in [6.07, 6.45) is 1.73. The molecule has 28 heavy (non-hydrogen) atoms. The van der Waals surface area contributed by atoms with Gasteiger partial charge < -0.3 is 10.1 Å². The SMILES string of the molecule is Cc1ccc2c(c1)NC(=O)c1cc(-c3cccc(-c4ccn[nH]4)c3)ccc1O2. The fourth-order valence-electron chi connectivity index (χ4n) is 3.40. The van der Waals surface area contributed by atoms with Gasteiger partial charge in [-0.3, -0.25) is 9.89 Å². The van der Waals surface area contributed by atoms with Crippen molar-refractivity contribution in [2.45, 2.75) is 6.92 Å². The Morgan fingerprint density at radius 1 is 0.857 bits per heavy atom. The Morgan fingerprint density at radius 2 is 1.68 bits per heavy atom. The van der Waals surface area contributed by atoms with Crippen molar-refractivity contribution in [1.82, 2.24) is 10.2 Å². The van der Waals surface area contributed by atoms with Crippen LogP contribution in [0.15, 0.2) is 72.9 Å². The van der Waals surface area contributed by atoms with Gasteiger partial charge in [-0.2, -0.15) is 5.10 Å². The van der Waals surface area contributed by atoms with E-state index in [4.69, 9.17) is 4.74 Å². The molecule has 1 aliphatic heterocycles. The van der Waals surface area contributed by atoms with Gasteiger partial charge in [0.15, 0.2) is 5.75 Å². The van der Waals surface area contributed by atoms with Crippen molar-refractivity contribution in [1.29, 1.82) is 0 Å². The number of hydrogen-bond donors (Lipinski definition) is 2. The number of rotatable bonds is 2. The second kappa shape index (κ2) is 6.39. The van der Waals surface area contributed by atoms with Crippen LogP contribution in [0.2, 0.25) is 0 Å². The molecule has 1 aliphatic rings. The maximum Gasteiger partial charge on any atom is 0.259 e. The molecule has 0 unspecified atom stereocenters. The van der Waals surface area contributed by atoms with E-state index in [0.29, 0.717) is 22.7 Å². The van der Waals surface area contributed by atoms with E-state index in [1.807, 2.05) is 67.6 Å². The van der Waals surface area contributed by atoms with Gasteiger partial charge in [0.1, 0.15) is 5.75 Å². The van der Waals surface area contributed by atoms with Crippen molar-refractivity contribution < 1.29 is 9.53 Å². The number of carbonyl (C=O) groups excluding carboxylic acids is 1. The normalized spacial score (nSPS) is 12.4. The summed E-state index contributed by atoms with van der Waals surface area (Å²) in [5.41, 5.74) is 6.20. The van der Waals surface area contributed by atoms with Crippen LogP contribution in [0.25, 0.3) is 22.4 Å². The van der Waals surface area contributed by atoms with Gasteiger partial charge in [-0.1, -0.05) is 30.3 Å². The molecular formula is C23H17N3O2. The predicted molar refractivity (Wildman–Crippen MR) is 109 cm³/mol. The average molecular weight is 367 g/mol. The predicted octanol–water partition coefficient (Wildman–Crippen LogP) is 5.41. The number of carbonyl (C=O) groups is 1. The standard InChI is InChI=1S/C23H17N3O2/c1-14-5-7-22-20(11-14)25-23(27)18-13-16(6-8-21(18)28-22)15-3-2-4-17(12-15)19-9-10-24-26-19/h2-13H,1H3,(H,24,26)(H,25,27). The van der Waals surface area contributed by atoms with Gasteiger partial charge in [0.05, 0.1) is 16.9 Å². The molecule has 4 aromatic rings. The third kappa shape index (κ3) is 2.83. The molecule has 0 fully saturated rings. The Bertz CT molecular complexity index is 1200. The number of amides is 1. The quantitative estimate of drug-likeness (QED) is 0.498. The van der Waals surface area contributed by atoms with Gasteiger partial charge in [0.2, 0.25) is 0 Å². The highest BCUT2D eigenvalue weighted by atomic mass is 16.5. The molecular weight excluding hydrogens is 350 g/mol. The number of aromatic nitrogens is 2. The number of aryl methyl sites for hydroxylation is 1. The fourth-order valence-corrected chi connectivity index (χ4v) is 3.40. The summed E-state index contributed by atoms with van der Waals surface area (Å²) in [6.45, 7) is 1.98. The summed E-state index contributed by atoms with van der Waals surface area (Å²) in [5.74, 6) is 1.02. The summed E-state index contributed by atoms with van der Waals surface area (Å²) >= 11 is 0. The van der Waals surface area contributed by atoms with Gasteiger partial charge >= 0.3 is 0 Å². The first kappa shape index (κ1) is 16.3. The molecule has 3 aromatic carbocycles. The Labute approximate surface area is 162 Å². The van der Waals surface area contributed by atoms with Gasteiger partial charge in [-0.25, -0.2) is 0 Å². The summed E-state index contributed by atoms with van der Waals surface area (Å²) in [4.78, 5) is 12.8. The number of fused-ring (bicyclic) bond motifs is 2. The molecule has 0 saturated carbocycles. The molecule has 5 nitrogen and oxygen atoms in total. The van der Waals surface area contributed by atoms with Crippen molar-refractivity contribution in [3.8, 4) is 33.9 Å². The molecule has 5 rings (SSSR count). The zero-order valence-electron chi connectivity index (χ0n) is 15.2. The van der Waals surface area contributed by atoms with Crippen molar-refractivity contribution >= 4 is 11.6 Å². The van der Waals surface area contributed by atoms with Gasteiger partial charge in [-0.05, 0) is 60.0 Å². The number of aromatic amines is 1. The highest BCUT2D eigenvalue weighted by Crippen LogP contribution is 2.38. The molecule has 2 heterocycles. The van der Waals surface area contributed by atoms with Crippen molar-refractivity contribution in [3.05, 3.63) is 84.1 Å². The number of anilines is 1. The lowest BCUT2D eigenvalue weighted by atomic mass is 9.99. The summed E-state index contributed by atoms with van der Waals surface area (Å²) < 4.78 is 6.00. The van der Waals surface area contributed by atoms with Gasteiger partial charge in [0.25, 0.3) is 5.91 Å². The van der Waals surface area contributed by atoms with E-state index in [0.717, 1.165) is 27.9 Å². The van der Waals surface area contributed by atoms with Crippen LogP contribution < -0.4 is 10.1 Å². The number of hydrogen-bond acceptors (Lipinski definition) is 3. The Hall–Kier alpha value is -3.86. The van der Waals surface area contributed by atoms with Crippen molar-refractivity contribution in [2.75, 3.05) is 5.32 Å². The molecule has 1 aromatic heterocycles. The first-order valence-corrected chi connectivity index (χ1v) is 9.01. The summed E-state index contributed by atoms with van der Waals surface area (Å²) in [6, 6.07) is 21.5. The second-order valence-electron chi connectivity index (χ2n) is 6.82. The van der Waals surface area contributed by atoms with Gasteiger partial charge in [-0.15, -0.1) is 0 Å². The smallest absolute Gasteiger partial charge is 0.259 e. The number of nitrogens with one attached hydrogen (secondary N) is 2. The van der Waals surface area contributed by atoms with Crippen LogP contribution in [0.4, 0.5) is 5.69 Å². The lowest BCUT2D eigenvalue weighted by Crippen LogP contribution is -2.10.